The number of anilines is 1. The molecular weight excluding hydrogens is 238 g/mol. The number of halogens is 1. The highest BCUT2D eigenvalue weighted by atomic mass is 35.5. The average molecular weight is 256 g/mol. The Morgan fingerprint density at radius 1 is 1.59 bits per heavy atom. The van der Waals surface area contributed by atoms with Gasteiger partial charge in [-0.15, -0.1) is 0 Å². The van der Waals surface area contributed by atoms with E-state index in [0.717, 1.165) is 0 Å². The Balaban J connectivity index is 2.60. The molecule has 0 bridgehead atoms. The van der Waals surface area contributed by atoms with Gasteiger partial charge in [-0.25, -0.2) is 4.98 Å². The molecule has 0 saturated carbocycles. The minimum absolute atomic E-state index is 0.106. The second-order valence-electron chi connectivity index (χ2n) is 5.06. The predicted octanol–water partition coefficient (Wildman–Crippen LogP) is 2.44. The zero-order valence-corrected chi connectivity index (χ0v) is 11.1. The van der Waals surface area contributed by atoms with E-state index in [1.54, 1.807) is 18.3 Å². The van der Waals surface area contributed by atoms with Crippen molar-refractivity contribution in [2.45, 2.75) is 33.2 Å². The Kier molecular flexibility index (Phi) is 4.48. The van der Waals surface area contributed by atoms with Crippen molar-refractivity contribution in [2.24, 2.45) is 11.1 Å². The first kappa shape index (κ1) is 13.9. The Hall–Kier alpha value is -1.13. The molecule has 4 nitrogen and oxygen atoms in total. The third-order valence-corrected chi connectivity index (χ3v) is 2.84. The molecule has 5 heteroatoms. The molecule has 0 aliphatic heterocycles. The van der Waals surface area contributed by atoms with Gasteiger partial charge in [0.15, 0.2) is 5.82 Å². The molecule has 0 saturated heterocycles. The van der Waals surface area contributed by atoms with Crippen LogP contribution in [-0.4, -0.2) is 16.9 Å². The molecule has 1 atom stereocenters. The Labute approximate surface area is 107 Å². The number of hydrogen-bond acceptors (Lipinski definition) is 3. The average Bonchev–Trinajstić information content (AvgIpc) is 2.20. The zero-order valence-electron chi connectivity index (χ0n) is 10.3. The summed E-state index contributed by atoms with van der Waals surface area (Å²) < 4.78 is 0. The molecule has 0 aromatic carbocycles. The summed E-state index contributed by atoms with van der Waals surface area (Å²) >= 11 is 5.89. The van der Waals surface area contributed by atoms with Crippen molar-refractivity contribution in [3.8, 4) is 0 Å². The molecule has 0 spiro atoms. The quantitative estimate of drug-likeness (QED) is 0.872. The number of aromatic nitrogens is 1. The van der Waals surface area contributed by atoms with Crippen LogP contribution in [0.3, 0.4) is 0 Å². The van der Waals surface area contributed by atoms with E-state index in [1.807, 2.05) is 20.8 Å². The lowest BCUT2D eigenvalue weighted by Gasteiger charge is -2.26. The number of carbonyl (C=O) groups excluding carboxylic acids is 1. The van der Waals surface area contributed by atoms with Crippen LogP contribution in [0.1, 0.15) is 27.2 Å². The summed E-state index contributed by atoms with van der Waals surface area (Å²) in [6.07, 6.45) is 1.82. The molecule has 1 heterocycles. The molecule has 1 aromatic heterocycles. The monoisotopic (exact) mass is 255 g/mol. The lowest BCUT2D eigenvalue weighted by atomic mass is 9.85. The Bertz CT molecular complexity index is 401. The number of amides is 1. The number of rotatable bonds is 3. The number of nitrogens with one attached hydrogen (secondary N) is 1. The van der Waals surface area contributed by atoms with Crippen molar-refractivity contribution >= 4 is 23.3 Å². The minimum atomic E-state index is -0.204. The number of pyridine rings is 1. The van der Waals surface area contributed by atoms with E-state index < -0.39 is 0 Å². The minimum Gasteiger partial charge on any atom is -0.327 e. The van der Waals surface area contributed by atoms with Gasteiger partial charge in [0, 0.05) is 18.7 Å². The van der Waals surface area contributed by atoms with Crippen LogP contribution in [0.15, 0.2) is 18.3 Å². The van der Waals surface area contributed by atoms with Gasteiger partial charge in [-0.2, -0.15) is 0 Å². The van der Waals surface area contributed by atoms with Crippen LogP contribution in [0.4, 0.5) is 5.82 Å². The highest BCUT2D eigenvalue weighted by molar-refractivity contribution is 6.33. The van der Waals surface area contributed by atoms with Gasteiger partial charge in [0.1, 0.15) is 0 Å². The first-order chi connectivity index (χ1) is 7.80. The predicted molar refractivity (Wildman–Crippen MR) is 69.9 cm³/mol. The lowest BCUT2D eigenvalue weighted by Crippen LogP contribution is -2.38. The van der Waals surface area contributed by atoms with E-state index in [9.17, 15) is 4.79 Å². The molecule has 0 aliphatic rings. The third-order valence-electron chi connectivity index (χ3n) is 2.53. The van der Waals surface area contributed by atoms with E-state index in [2.05, 4.69) is 10.3 Å². The van der Waals surface area contributed by atoms with Gasteiger partial charge >= 0.3 is 0 Å². The summed E-state index contributed by atoms with van der Waals surface area (Å²) in [5.74, 6) is 0.202. The summed E-state index contributed by atoms with van der Waals surface area (Å²) in [5.41, 5.74) is 5.82. The van der Waals surface area contributed by atoms with Crippen molar-refractivity contribution in [2.75, 3.05) is 5.32 Å². The molecule has 1 rings (SSSR count). The summed E-state index contributed by atoms with van der Waals surface area (Å²) in [6, 6.07) is 3.18. The van der Waals surface area contributed by atoms with Crippen molar-refractivity contribution in [3.63, 3.8) is 0 Å². The fourth-order valence-electron chi connectivity index (χ4n) is 1.17. The Morgan fingerprint density at radius 3 is 2.76 bits per heavy atom. The molecule has 0 fully saturated rings. The fourth-order valence-corrected chi connectivity index (χ4v) is 1.34. The molecule has 94 valence electrons. The molecular formula is C12H18ClN3O. The van der Waals surface area contributed by atoms with Crippen molar-refractivity contribution in [1.29, 1.82) is 0 Å². The van der Waals surface area contributed by atoms with Crippen molar-refractivity contribution in [1.82, 2.24) is 4.98 Å². The maximum absolute atomic E-state index is 11.7. The zero-order chi connectivity index (χ0) is 13.1. The molecule has 3 N–H and O–H groups in total. The molecule has 0 aliphatic carbocycles. The van der Waals surface area contributed by atoms with Crippen molar-refractivity contribution in [3.05, 3.63) is 23.4 Å². The van der Waals surface area contributed by atoms with Crippen LogP contribution in [0.5, 0.6) is 0 Å². The molecule has 0 radical (unpaired) electrons. The summed E-state index contributed by atoms with van der Waals surface area (Å²) in [4.78, 5) is 15.7. The van der Waals surface area contributed by atoms with Crippen LogP contribution in [0.25, 0.3) is 0 Å². The van der Waals surface area contributed by atoms with Gasteiger partial charge in [0.25, 0.3) is 0 Å². The van der Waals surface area contributed by atoms with Gasteiger partial charge in [-0.05, 0) is 17.5 Å². The summed E-state index contributed by atoms with van der Waals surface area (Å²) in [6.45, 7) is 6.00. The van der Waals surface area contributed by atoms with Crippen LogP contribution >= 0.6 is 11.6 Å². The highest BCUT2D eigenvalue weighted by Crippen LogP contribution is 2.21. The van der Waals surface area contributed by atoms with E-state index in [-0.39, 0.29) is 23.8 Å². The smallest absolute Gasteiger partial charge is 0.227 e. The van der Waals surface area contributed by atoms with E-state index in [1.165, 1.54) is 0 Å². The van der Waals surface area contributed by atoms with E-state index >= 15 is 0 Å². The standard InChI is InChI=1S/C12H18ClN3O/c1-12(2,3)9(14)7-10(17)16-11-8(13)5-4-6-15-11/h4-6,9H,7,14H2,1-3H3,(H,15,16,17). The fraction of sp³-hybridized carbons (Fsp3) is 0.500. The summed E-state index contributed by atoms with van der Waals surface area (Å²) in [7, 11) is 0. The van der Waals surface area contributed by atoms with E-state index in [0.29, 0.717) is 10.8 Å². The van der Waals surface area contributed by atoms with Crippen LogP contribution < -0.4 is 11.1 Å². The van der Waals surface area contributed by atoms with Crippen LogP contribution in [0, 0.1) is 5.41 Å². The highest BCUT2D eigenvalue weighted by Gasteiger charge is 2.23. The topological polar surface area (TPSA) is 68.0 Å². The van der Waals surface area contributed by atoms with Crippen LogP contribution in [0.2, 0.25) is 5.02 Å². The summed E-state index contributed by atoms with van der Waals surface area (Å²) in [5, 5.41) is 3.07. The number of carbonyl (C=O) groups is 1. The normalized spacial score (nSPS) is 13.2. The molecule has 1 unspecified atom stereocenters. The second kappa shape index (κ2) is 5.47. The van der Waals surface area contributed by atoms with E-state index in [4.69, 9.17) is 17.3 Å². The molecule has 1 amide bonds. The largest absolute Gasteiger partial charge is 0.327 e. The first-order valence-electron chi connectivity index (χ1n) is 5.46. The van der Waals surface area contributed by atoms with Gasteiger partial charge < -0.3 is 11.1 Å². The first-order valence-corrected chi connectivity index (χ1v) is 5.84. The Morgan fingerprint density at radius 2 is 2.24 bits per heavy atom. The van der Waals surface area contributed by atoms with Gasteiger partial charge in [0.2, 0.25) is 5.91 Å². The maximum atomic E-state index is 11.7. The SMILES string of the molecule is CC(C)(C)C(N)CC(=O)Nc1ncccc1Cl. The second-order valence-corrected chi connectivity index (χ2v) is 5.47. The van der Waals surface area contributed by atoms with Gasteiger partial charge in [-0.3, -0.25) is 4.79 Å². The lowest BCUT2D eigenvalue weighted by molar-refractivity contribution is -0.117. The van der Waals surface area contributed by atoms with Crippen molar-refractivity contribution < 1.29 is 4.79 Å². The number of nitrogens with zero attached hydrogens (tertiary/aromatic N) is 1. The molecule has 1 aromatic rings. The number of nitrogens with two attached hydrogens (primary N) is 1. The van der Waals surface area contributed by atoms with Gasteiger partial charge in [0.05, 0.1) is 5.02 Å². The van der Waals surface area contributed by atoms with Gasteiger partial charge in [-0.1, -0.05) is 32.4 Å². The number of hydrogen-bond donors (Lipinski definition) is 2. The maximum Gasteiger partial charge on any atom is 0.227 e. The third kappa shape index (κ3) is 4.32. The van der Waals surface area contributed by atoms with Crippen LogP contribution in [-0.2, 0) is 4.79 Å². The molecule has 17 heavy (non-hydrogen) atoms.